The van der Waals surface area contributed by atoms with E-state index in [1.54, 1.807) is 17.5 Å². The van der Waals surface area contributed by atoms with Gasteiger partial charge in [0.1, 0.15) is 0 Å². The van der Waals surface area contributed by atoms with Crippen molar-refractivity contribution in [1.82, 2.24) is 4.98 Å². The maximum atomic E-state index is 12.9. The van der Waals surface area contributed by atoms with Gasteiger partial charge in [-0.2, -0.15) is 13.2 Å². The van der Waals surface area contributed by atoms with Gasteiger partial charge in [-0.15, -0.1) is 11.3 Å². The number of carbonyl (C=O) groups is 1. The maximum absolute atomic E-state index is 12.9. The molecule has 4 nitrogen and oxygen atoms in total. The van der Waals surface area contributed by atoms with E-state index < -0.39 is 17.6 Å². The van der Waals surface area contributed by atoms with Gasteiger partial charge in [0.25, 0.3) is 0 Å². The van der Waals surface area contributed by atoms with Gasteiger partial charge in [-0.1, -0.05) is 15.9 Å². The Morgan fingerprint density at radius 3 is 2.80 bits per heavy atom. The third-order valence-corrected chi connectivity index (χ3v) is 4.78. The lowest BCUT2D eigenvalue weighted by Gasteiger charge is -2.11. The van der Waals surface area contributed by atoms with E-state index in [4.69, 9.17) is 4.42 Å². The highest BCUT2D eigenvalue weighted by atomic mass is 79.9. The fourth-order valence-corrected chi connectivity index (χ4v) is 3.35. The Balaban J connectivity index is 1.69. The minimum Gasteiger partial charge on any atom is -0.462 e. The van der Waals surface area contributed by atoms with Crippen molar-refractivity contribution in [3.05, 3.63) is 57.7 Å². The zero-order valence-corrected chi connectivity index (χ0v) is 14.8. The van der Waals surface area contributed by atoms with Crippen LogP contribution in [0.1, 0.15) is 11.3 Å². The number of rotatable bonds is 4. The molecule has 0 spiro atoms. The Labute approximate surface area is 152 Å². The van der Waals surface area contributed by atoms with Crippen LogP contribution in [-0.2, 0) is 17.4 Å². The predicted molar refractivity (Wildman–Crippen MR) is 91.3 cm³/mol. The van der Waals surface area contributed by atoms with Crippen molar-refractivity contribution in [1.29, 1.82) is 0 Å². The van der Waals surface area contributed by atoms with Crippen LogP contribution in [0.4, 0.5) is 18.9 Å². The summed E-state index contributed by atoms with van der Waals surface area (Å²) < 4.78 is 43.8. The van der Waals surface area contributed by atoms with Crippen molar-refractivity contribution >= 4 is 38.9 Å². The van der Waals surface area contributed by atoms with Gasteiger partial charge in [-0.3, -0.25) is 4.79 Å². The molecule has 0 saturated carbocycles. The van der Waals surface area contributed by atoms with Crippen molar-refractivity contribution in [3.8, 4) is 10.8 Å². The number of halogens is 4. The second kappa shape index (κ2) is 7.01. The topological polar surface area (TPSA) is 55.1 Å². The summed E-state index contributed by atoms with van der Waals surface area (Å²) in [4.78, 5) is 16.3. The average molecular weight is 431 g/mol. The quantitative estimate of drug-likeness (QED) is 0.605. The van der Waals surface area contributed by atoms with Gasteiger partial charge in [-0.25, -0.2) is 4.98 Å². The molecule has 0 aliphatic heterocycles. The number of hydrogen-bond donors (Lipinski definition) is 1. The van der Waals surface area contributed by atoms with E-state index in [9.17, 15) is 18.0 Å². The Morgan fingerprint density at radius 1 is 1.32 bits per heavy atom. The molecule has 0 aliphatic carbocycles. The highest BCUT2D eigenvalue weighted by Gasteiger charge is 2.33. The number of furan rings is 1. The third kappa shape index (κ3) is 4.29. The first-order valence-electron chi connectivity index (χ1n) is 6.98. The lowest BCUT2D eigenvalue weighted by atomic mass is 10.2. The predicted octanol–water partition coefficient (Wildman–Crippen LogP) is 5.37. The van der Waals surface area contributed by atoms with E-state index in [-0.39, 0.29) is 16.6 Å². The normalized spacial score (nSPS) is 11.5. The van der Waals surface area contributed by atoms with E-state index >= 15 is 0 Å². The van der Waals surface area contributed by atoms with Crippen LogP contribution in [0.25, 0.3) is 10.8 Å². The van der Waals surface area contributed by atoms with Crippen LogP contribution in [0.2, 0.25) is 0 Å². The van der Waals surface area contributed by atoms with Crippen LogP contribution in [0, 0.1) is 0 Å². The van der Waals surface area contributed by atoms with Gasteiger partial charge in [-0.05, 0) is 30.3 Å². The van der Waals surface area contributed by atoms with Crippen molar-refractivity contribution in [2.45, 2.75) is 12.6 Å². The molecular formula is C16H10BrF3N2O2S. The van der Waals surface area contributed by atoms with Gasteiger partial charge >= 0.3 is 6.18 Å². The molecule has 130 valence electrons. The molecule has 3 rings (SSSR count). The number of anilines is 1. The Morgan fingerprint density at radius 2 is 2.12 bits per heavy atom. The minimum absolute atomic E-state index is 0.0470. The molecule has 1 N–H and O–H groups in total. The molecule has 9 heteroatoms. The van der Waals surface area contributed by atoms with E-state index in [0.717, 1.165) is 6.07 Å². The van der Waals surface area contributed by atoms with Crippen LogP contribution in [0.3, 0.4) is 0 Å². The minimum atomic E-state index is -4.51. The molecule has 2 heterocycles. The second-order valence-corrected chi connectivity index (χ2v) is 6.75. The standard InChI is InChI=1S/C16H10BrF3N2O2S/c17-12-4-3-9(6-11(12)16(18,19)20)21-14(23)7-10-8-25-15(22-10)13-2-1-5-24-13/h1-6,8H,7H2,(H,21,23). The van der Waals surface area contributed by atoms with Crippen molar-refractivity contribution in [2.24, 2.45) is 0 Å². The van der Waals surface area contributed by atoms with Crippen molar-refractivity contribution in [3.63, 3.8) is 0 Å². The summed E-state index contributed by atoms with van der Waals surface area (Å²) in [6.07, 6.45) is -3.03. The number of nitrogens with zero attached hydrogens (tertiary/aromatic N) is 1. The van der Waals surface area contributed by atoms with Gasteiger partial charge in [0, 0.05) is 15.5 Å². The lowest BCUT2D eigenvalue weighted by Crippen LogP contribution is -2.15. The summed E-state index contributed by atoms with van der Waals surface area (Å²) in [6.45, 7) is 0. The monoisotopic (exact) mass is 430 g/mol. The number of thiazole rings is 1. The zero-order chi connectivity index (χ0) is 18.0. The summed E-state index contributed by atoms with van der Waals surface area (Å²) in [6, 6.07) is 7.01. The fraction of sp³-hybridized carbons (Fsp3) is 0.125. The zero-order valence-electron chi connectivity index (χ0n) is 12.4. The largest absolute Gasteiger partial charge is 0.462 e. The molecule has 0 fully saturated rings. The lowest BCUT2D eigenvalue weighted by molar-refractivity contribution is -0.138. The van der Waals surface area contributed by atoms with E-state index in [1.807, 2.05) is 0 Å². The van der Waals surface area contributed by atoms with Gasteiger partial charge < -0.3 is 9.73 Å². The van der Waals surface area contributed by atoms with Gasteiger partial charge in [0.15, 0.2) is 10.8 Å². The van der Waals surface area contributed by atoms with E-state index in [0.29, 0.717) is 16.5 Å². The molecular weight excluding hydrogens is 421 g/mol. The SMILES string of the molecule is O=C(Cc1csc(-c2ccco2)n1)Nc1ccc(Br)c(C(F)(F)F)c1. The number of carbonyl (C=O) groups excluding carboxylic acids is 1. The molecule has 3 aromatic rings. The molecule has 0 saturated heterocycles. The molecule has 0 bridgehead atoms. The first-order chi connectivity index (χ1) is 11.8. The van der Waals surface area contributed by atoms with Gasteiger partial charge in [0.2, 0.25) is 5.91 Å². The highest BCUT2D eigenvalue weighted by molar-refractivity contribution is 9.10. The third-order valence-electron chi connectivity index (χ3n) is 3.18. The van der Waals surface area contributed by atoms with Crippen LogP contribution >= 0.6 is 27.3 Å². The van der Waals surface area contributed by atoms with E-state index in [1.165, 1.54) is 29.7 Å². The fourth-order valence-electron chi connectivity index (χ4n) is 2.09. The van der Waals surface area contributed by atoms with Crippen molar-refractivity contribution in [2.75, 3.05) is 5.32 Å². The Kier molecular flexibility index (Phi) is 4.96. The molecule has 0 radical (unpaired) electrons. The summed E-state index contributed by atoms with van der Waals surface area (Å²) in [7, 11) is 0. The molecule has 0 aliphatic rings. The molecule has 0 atom stereocenters. The number of aromatic nitrogens is 1. The Bertz CT molecular complexity index is 891. The Hall–Kier alpha value is -2.13. The van der Waals surface area contributed by atoms with Crippen LogP contribution in [0.15, 0.2) is 50.9 Å². The first-order valence-corrected chi connectivity index (χ1v) is 8.65. The number of benzene rings is 1. The molecule has 0 unspecified atom stereocenters. The number of amides is 1. The average Bonchev–Trinajstić information content (AvgIpc) is 3.19. The summed E-state index contributed by atoms with van der Waals surface area (Å²) in [5.74, 6) is 0.145. The number of hydrogen-bond acceptors (Lipinski definition) is 4. The molecule has 2 aromatic heterocycles. The molecule has 1 amide bonds. The van der Waals surface area contributed by atoms with Crippen LogP contribution < -0.4 is 5.32 Å². The van der Waals surface area contributed by atoms with Crippen LogP contribution in [0.5, 0.6) is 0 Å². The molecule has 25 heavy (non-hydrogen) atoms. The number of nitrogens with one attached hydrogen (secondary N) is 1. The second-order valence-electron chi connectivity index (χ2n) is 5.04. The maximum Gasteiger partial charge on any atom is 0.417 e. The summed E-state index contributed by atoms with van der Waals surface area (Å²) in [5, 5.41) is 4.80. The van der Waals surface area contributed by atoms with E-state index in [2.05, 4.69) is 26.2 Å². The smallest absolute Gasteiger partial charge is 0.417 e. The first kappa shape index (κ1) is 17.7. The van der Waals surface area contributed by atoms with Crippen molar-refractivity contribution < 1.29 is 22.4 Å². The summed E-state index contributed by atoms with van der Waals surface area (Å²) in [5.41, 5.74) is -0.261. The molecule has 1 aromatic carbocycles. The van der Waals surface area contributed by atoms with Gasteiger partial charge in [0.05, 0.1) is 23.9 Å². The highest BCUT2D eigenvalue weighted by Crippen LogP contribution is 2.36. The summed E-state index contributed by atoms with van der Waals surface area (Å²) >= 11 is 4.18. The van der Waals surface area contributed by atoms with Crippen LogP contribution in [-0.4, -0.2) is 10.9 Å². The number of alkyl halides is 3.